The minimum Gasteiger partial charge on any atom is -0.337 e. The first-order valence-electron chi connectivity index (χ1n) is 10.9. The molecule has 1 fully saturated rings. The predicted molar refractivity (Wildman–Crippen MR) is 126 cm³/mol. The van der Waals surface area contributed by atoms with E-state index in [-0.39, 0.29) is 17.3 Å². The molecule has 2 aliphatic heterocycles. The van der Waals surface area contributed by atoms with Gasteiger partial charge in [-0.15, -0.1) is 11.3 Å². The summed E-state index contributed by atoms with van der Waals surface area (Å²) in [6, 6.07) is 5.22. The first kappa shape index (κ1) is 22.8. The van der Waals surface area contributed by atoms with Crippen LogP contribution in [0.2, 0.25) is 0 Å². The normalized spacial score (nSPS) is 17.7. The van der Waals surface area contributed by atoms with Gasteiger partial charge in [-0.3, -0.25) is 0 Å². The zero-order chi connectivity index (χ0) is 24.5. The van der Waals surface area contributed by atoms with Crippen LogP contribution in [0.5, 0.6) is 0 Å². The Labute approximate surface area is 204 Å². The van der Waals surface area contributed by atoms with Crippen LogP contribution in [-0.4, -0.2) is 63.3 Å². The fourth-order valence-corrected chi connectivity index (χ4v) is 4.91. The maximum absolute atomic E-state index is 14.3. The van der Waals surface area contributed by atoms with Crippen LogP contribution in [0.15, 0.2) is 35.7 Å². The highest BCUT2D eigenvalue weighted by Gasteiger charge is 2.34. The summed E-state index contributed by atoms with van der Waals surface area (Å²) in [6.45, 7) is 3.54. The molecule has 3 aromatic rings. The number of anilines is 1. The van der Waals surface area contributed by atoms with E-state index in [0.29, 0.717) is 49.0 Å². The van der Waals surface area contributed by atoms with E-state index in [1.165, 1.54) is 22.4 Å². The summed E-state index contributed by atoms with van der Waals surface area (Å²) in [6.07, 6.45) is 4.80. The van der Waals surface area contributed by atoms with Gasteiger partial charge in [0.25, 0.3) is 0 Å². The van der Waals surface area contributed by atoms with Crippen molar-refractivity contribution in [2.24, 2.45) is 5.10 Å². The second-order valence-electron chi connectivity index (χ2n) is 8.15. The number of benzene rings is 1. The molecule has 2 aromatic heterocycles. The molecule has 0 spiro atoms. The van der Waals surface area contributed by atoms with Crippen molar-refractivity contribution in [1.82, 2.24) is 24.9 Å². The number of halogens is 2. The van der Waals surface area contributed by atoms with E-state index < -0.39 is 17.7 Å². The van der Waals surface area contributed by atoms with E-state index in [4.69, 9.17) is 5.26 Å². The Morgan fingerprint density at radius 3 is 2.66 bits per heavy atom. The molecule has 178 valence electrons. The van der Waals surface area contributed by atoms with Gasteiger partial charge in [0, 0.05) is 45.0 Å². The van der Waals surface area contributed by atoms with Gasteiger partial charge in [-0.2, -0.15) is 10.4 Å². The number of nitriles is 1. The van der Waals surface area contributed by atoms with Crippen LogP contribution >= 0.6 is 11.3 Å². The van der Waals surface area contributed by atoms with Gasteiger partial charge in [-0.1, -0.05) is 0 Å². The van der Waals surface area contributed by atoms with Crippen LogP contribution in [-0.2, 0) is 0 Å². The molecule has 0 saturated carbocycles. The molecule has 0 aliphatic carbocycles. The molecule has 0 radical (unpaired) electrons. The van der Waals surface area contributed by atoms with E-state index in [1.807, 2.05) is 17.9 Å². The first-order chi connectivity index (χ1) is 16.9. The monoisotopic (exact) mass is 494 g/mol. The molecule has 4 heterocycles. The Bertz CT molecular complexity index is 1350. The smallest absolute Gasteiger partial charge is 0.337 e. The summed E-state index contributed by atoms with van der Waals surface area (Å²) < 4.78 is 28.3. The topological polar surface area (TPSA) is 102 Å². The second-order valence-corrected chi connectivity index (χ2v) is 9.38. The van der Waals surface area contributed by atoms with Crippen molar-refractivity contribution in [1.29, 1.82) is 5.26 Å². The number of thiazole rings is 1. The number of carbonyl (C=O) groups is 1. The summed E-state index contributed by atoms with van der Waals surface area (Å²) in [5, 5.41) is 15.5. The first-order valence-corrected chi connectivity index (χ1v) is 11.8. The average Bonchev–Trinajstić information content (AvgIpc) is 3.53. The molecule has 1 saturated heterocycles. The third-order valence-electron chi connectivity index (χ3n) is 5.88. The Morgan fingerprint density at radius 2 is 1.94 bits per heavy atom. The highest BCUT2D eigenvalue weighted by molar-refractivity contribution is 7.15. The van der Waals surface area contributed by atoms with Crippen LogP contribution in [0.3, 0.4) is 0 Å². The van der Waals surface area contributed by atoms with Crippen LogP contribution in [0, 0.1) is 29.9 Å². The fraction of sp³-hybridized carbons (Fsp3) is 0.304. The molecule has 2 aliphatic rings. The maximum Gasteiger partial charge on any atom is 0.341 e. The maximum atomic E-state index is 14.3. The van der Waals surface area contributed by atoms with Crippen molar-refractivity contribution < 1.29 is 13.6 Å². The van der Waals surface area contributed by atoms with Crippen LogP contribution in [0.4, 0.5) is 19.5 Å². The molecule has 2 amide bonds. The third kappa shape index (κ3) is 4.54. The summed E-state index contributed by atoms with van der Waals surface area (Å²) in [7, 11) is 0. The Balaban J connectivity index is 1.28. The lowest BCUT2D eigenvalue weighted by Crippen LogP contribution is -2.52. The van der Waals surface area contributed by atoms with Gasteiger partial charge < -0.3 is 9.80 Å². The van der Waals surface area contributed by atoms with E-state index in [0.717, 1.165) is 17.3 Å². The largest absolute Gasteiger partial charge is 0.341 e. The van der Waals surface area contributed by atoms with Gasteiger partial charge >= 0.3 is 6.03 Å². The number of aryl methyl sites for hydroxylation is 1. The van der Waals surface area contributed by atoms with E-state index >= 15 is 0 Å². The van der Waals surface area contributed by atoms with Crippen LogP contribution in [0.1, 0.15) is 28.6 Å². The molecular formula is C23H20F2N8OS. The number of carbonyl (C=O) groups excluding carboxylic acids is 1. The van der Waals surface area contributed by atoms with Gasteiger partial charge in [0.2, 0.25) is 5.95 Å². The highest BCUT2D eigenvalue weighted by Crippen LogP contribution is 2.31. The van der Waals surface area contributed by atoms with Crippen molar-refractivity contribution in [2.45, 2.75) is 19.4 Å². The number of hydrogen-bond donors (Lipinski definition) is 0. The fourth-order valence-electron chi connectivity index (χ4n) is 4.14. The number of hydrogen-bond acceptors (Lipinski definition) is 8. The number of amides is 2. The van der Waals surface area contributed by atoms with Gasteiger partial charge in [0.05, 0.1) is 33.8 Å². The Kier molecular flexibility index (Phi) is 6.08. The number of hydrazone groups is 1. The van der Waals surface area contributed by atoms with Crippen molar-refractivity contribution in [2.75, 3.05) is 31.1 Å². The van der Waals surface area contributed by atoms with Crippen LogP contribution in [0.25, 0.3) is 10.6 Å². The molecule has 9 nitrogen and oxygen atoms in total. The van der Waals surface area contributed by atoms with Gasteiger partial charge in [0.15, 0.2) is 5.82 Å². The third-order valence-corrected chi connectivity index (χ3v) is 6.80. The molecule has 35 heavy (non-hydrogen) atoms. The molecule has 0 unspecified atom stereocenters. The predicted octanol–water partition coefficient (Wildman–Crippen LogP) is 3.73. The van der Waals surface area contributed by atoms with E-state index in [1.54, 1.807) is 23.4 Å². The van der Waals surface area contributed by atoms with E-state index in [2.05, 4.69) is 20.1 Å². The highest BCUT2D eigenvalue weighted by atomic mass is 32.1. The molecule has 1 atom stereocenters. The van der Waals surface area contributed by atoms with Crippen molar-refractivity contribution >= 4 is 29.5 Å². The number of urea groups is 1. The number of aromatic nitrogens is 3. The lowest BCUT2D eigenvalue weighted by Gasteiger charge is -2.37. The zero-order valence-corrected chi connectivity index (χ0v) is 19.5. The number of nitrogens with zero attached hydrogens (tertiary/aromatic N) is 8. The molecular weight excluding hydrogens is 474 g/mol. The standard InChI is InChI=1S/C23H20F2N8OS/c1-14-27-13-20(35-14)21-18(25)12-28-22(30-21)31-4-6-32(7-5-31)23(34)33-19(2-3-29-33)16-8-15(11-26)9-17(24)10-16/h3,8-10,12-13,19H,2,4-7H2,1H3/t19-/m0/s1. The summed E-state index contributed by atoms with van der Waals surface area (Å²) >= 11 is 1.36. The minimum atomic E-state index is -0.529. The SMILES string of the molecule is Cc1ncc(-c2nc(N3CCN(C(=O)N4N=CC[C@H]4c4cc(F)cc(C#N)c4)CC3)ncc2F)s1. The van der Waals surface area contributed by atoms with Gasteiger partial charge in [-0.25, -0.2) is 33.5 Å². The average molecular weight is 495 g/mol. The van der Waals surface area contributed by atoms with Crippen molar-refractivity contribution in [3.05, 3.63) is 58.4 Å². The van der Waals surface area contributed by atoms with E-state index in [9.17, 15) is 13.6 Å². The molecule has 0 bridgehead atoms. The van der Waals surface area contributed by atoms with Crippen molar-refractivity contribution in [3.63, 3.8) is 0 Å². The summed E-state index contributed by atoms with van der Waals surface area (Å²) in [5.41, 5.74) is 0.928. The molecule has 1 aromatic carbocycles. The minimum absolute atomic E-state index is 0.195. The second kappa shape index (κ2) is 9.34. The van der Waals surface area contributed by atoms with Crippen LogP contribution < -0.4 is 4.90 Å². The lowest BCUT2D eigenvalue weighted by molar-refractivity contribution is 0.139. The quantitative estimate of drug-likeness (QED) is 0.550. The number of rotatable bonds is 3. The molecule has 5 rings (SSSR count). The lowest BCUT2D eigenvalue weighted by atomic mass is 10.0. The Morgan fingerprint density at radius 1 is 1.14 bits per heavy atom. The zero-order valence-electron chi connectivity index (χ0n) is 18.7. The van der Waals surface area contributed by atoms with Crippen molar-refractivity contribution in [3.8, 4) is 16.6 Å². The Hall–Kier alpha value is -3.98. The molecule has 12 heteroatoms. The molecule has 0 N–H and O–H groups in total. The summed E-state index contributed by atoms with van der Waals surface area (Å²) in [5.74, 6) is -0.652. The van der Waals surface area contributed by atoms with Gasteiger partial charge in [-0.05, 0) is 30.7 Å². The number of piperazine rings is 1. The van der Waals surface area contributed by atoms with Gasteiger partial charge in [0.1, 0.15) is 11.5 Å². The summed E-state index contributed by atoms with van der Waals surface area (Å²) in [4.78, 5) is 30.1.